The molecule has 11 heteroatoms. The SMILES string of the molecule is COc1ccccc1-n1nnnc1Sc1ccc(C(N)=O)cc1[N+](=O)[O-]. The summed E-state index contributed by atoms with van der Waals surface area (Å²) in [5, 5.41) is 23.1. The zero-order chi connectivity index (χ0) is 18.7. The van der Waals surface area contributed by atoms with Gasteiger partial charge in [-0.1, -0.05) is 12.1 Å². The second-order valence-corrected chi connectivity index (χ2v) is 5.96. The molecule has 10 nitrogen and oxygen atoms in total. The minimum absolute atomic E-state index is 0.0466. The number of tetrazole rings is 1. The van der Waals surface area contributed by atoms with Crippen LogP contribution in [0, 0.1) is 10.1 Å². The van der Waals surface area contributed by atoms with Gasteiger partial charge in [-0.25, -0.2) is 0 Å². The first-order chi connectivity index (χ1) is 12.5. The van der Waals surface area contributed by atoms with Gasteiger partial charge in [0, 0.05) is 11.6 Å². The van der Waals surface area contributed by atoms with Crippen molar-refractivity contribution in [2.45, 2.75) is 10.1 Å². The lowest BCUT2D eigenvalue weighted by molar-refractivity contribution is -0.387. The summed E-state index contributed by atoms with van der Waals surface area (Å²) in [6.07, 6.45) is 0. The molecular weight excluding hydrogens is 360 g/mol. The van der Waals surface area contributed by atoms with Crippen molar-refractivity contribution in [2.24, 2.45) is 5.73 Å². The lowest BCUT2D eigenvalue weighted by Crippen LogP contribution is -2.11. The fourth-order valence-corrected chi connectivity index (χ4v) is 3.07. The normalized spacial score (nSPS) is 10.5. The number of carbonyl (C=O) groups is 1. The van der Waals surface area contributed by atoms with Crippen LogP contribution in [0.5, 0.6) is 5.75 Å². The lowest BCUT2D eigenvalue weighted by Gasteiger charge is -2.09. The number of hydrogen-bond donors (Lipinski definition) is 1. The predicted molar refractivity (Wildman–Crippen MR) is 91.4 cm³/mol. The molecule has 0 bridgehead atoms. The van der Waals surface area contributed by atoms with Crippen molar-refractivity contribution in [3.05, 3.63) is 58.1 Å². The van der Waals surface area contributed by atoms with E-state index in [1.165, 1.54) is 23.9 Å². The molecule has 3 aromatic rings. The van der Waals surface area contributed by atoms with Crippen LogP contribution in [-0.2, 0) is 0 Å². The third kappa shape index (κ3) is 3.32. The average Bonchev–Trinajstić information content (AvgIpc) is 3.09. The van der Waals surface area contributed by atoms with Crippen LogP contribution in [0.1, 0.15) is 10.4 Å². The molecule has 0 fully saturated rings. The molecule has 2 N–H and O–H groups in total. The Morgan fingerprint density at radius 1 is 1.31 bits per heavy atom. The quantitative estimate of drug-likeness (QED) is 0.510. The van der Waals surface area contributed by atoms with E-state index in [4.69, 9.17) is 10.5 Å². The Morgan fingerprint density at radius 3 is 2.77 bits per heavy atom. The molecule has 2 aromatic carbocycles. The Bertz CT molecular complexity index is 990. The second-order valence-electron chi connectivity index (χ2n) is 4.95. The number of nitro benzene ring substituents is 1. The van der Waals surface area contributed by atoms with Crippen LogP contribution in [0.25, 0.3) is 5.69 Å². The van der Waals surface area contributed by atoms with E-state index in [1.54, 1.807) is 24.3 Å². The summed E-state index contributed by atoms with van der Waals surface area (Å²) in [4.78, 5) is 22.3. The van der Waals surface area contributed by atoms with Crippen molar-refractivity contribution in [2.75, 3.05) is 7.11 Å². The number of methoxy groups -OCH3 is 1. The Kier molecular flexibility index (Phi) is 4.80. The molecule has 3 rings (SSSR count). The molecule has 0 aliphatic rings. The summed E-state index contributed by atoms with van der Waals surface area (Å²) in [5.74, 6) is -0.205. The summed E-state index contributed by atoms with van der Waals surface area (Å²) < 4.78 is 6.71. The van der Waals surface area contributed by atoms with Crippen LogP contribution in [0.3, 0.4) is 0 Å². The van der Waals surface area contributed by atoms with E-state index in [9.17, 15) is 14.9 Å². The van der Waals surface area contributed by atoms with Gasteiger partial charge in [0.2, 0.25) is 11.1 Å². The highest BCUT2D eigenvalue weighted by molar-refractivity contribution is 7.99. The van der Waals surface area contributed by atoms with Crippen molar-refractivity contribution >= 4 is 23.4 Å². The molecule has 1 heterocycles. The molecule has 0 saturated carbocycles. The van der Waals surface area contributed by atoms with Crippen molar-refractivity contribution in [3.8, 4) is 11.4 Å². The number of aromatic nitrogens is 4. The van der Waals surface area contributed by atoms with E-state index in [-0.39, 0.29) is 16.1 Å². The first-order valence-electron chi connectivity index (χ1n) is 7.19. The number of benzene rings is 2. The number of nitro groups is 1. The van der Waals surface area contributed by atoms with Gasteiger partial charge in [0.05, 0.1) is 16.9 Å². The maximum atomic E-state index is 11.3. The molecule has 0 atom stereocenters. The molecule has 0 aliphatic heterocycles. The lowest BCUT2D eigenvalue weighted by atomic mass is 10.2. The molecule has 1 aromatic heterocycles. The highest BCUT2D eigenvalue weighted by atomic mass is 32.2. The van der Waals surface area contributed by atoms with Gasteiger partial charge in [0.1, 0.15) is 11.4 Å². The molecule has 0 aliphatic carbocycles. The molecule has 0 radical (unpaired) electrons. The average molecular weight is 372 g/mol. The number of para-hydroxylation sites is 2. The maximum Gasteiger partial charge on any atom is 0.284 e. The topological polar surface area (TPSA) is 139 Å². The minimum Gasteiger partial charge on any atom is -0.494 e. The molecule has 0 saturated heterocycles. The maximum absolute atomic E-state index is 11.3. The van der Waals surface area contributed by atoms with Crippen LogP contribution in [0.2, 0.25) is 0 Å². The smallest absolute Gasteiger partial charge is 0.284 e. The fraction of sp³-hybridized carbons (Fsp3) is 0.0667. The zero-order valence-electron chi connectivity index (χ0n) is 13.4. The molecule has 132 valence electrons. The van der Waals surface area contributed by atoms with Crippen molar-refractivity contribution in [3.63, 3.8) is 0 Å². The van der Waals surface area contributed by atoms with Gasteiger partial charge in [0.25, 0.3) is 5.69 Å². The highest BCUT2D eigenvalue weighted by Gasteiger charge is 2.21. The molecule has 0 unspecified atom stereocenters. The van der Waals surface area contributed by atoms with E-state index in [0.29, 0.717) is 16.6 Å². The van der Waals surface area contributed by atoms with Gasteiger partial charge >= 0.3 is 0 Å². The summed E-state index contributed by atoms with van der Waals surface area (Å²) in [7, 11) is 1.52. The van der Waals surface area contributed by atoms with Crippen LogP contribution in [0.15, 0.2) is 52.5 Å². The molecule has 1 amide bonds. The first kappa shape index (κ1) is 17.4. The van der Waals surface area contributed by atoms with E-state index in [2.05, 4.69) is 15.5 Å². The van der Waals surface area contributed by atoms with Gasteiger partial charge in [0.15, 0.2) is 0 Å². The van der Waals surface area contributed by atoms with E-state index in [0.717, 1.165) is 17.8 Å². The largest absolute Gasteiger partial charge is 0.494 e. The van der Waals surface area contributed by atoms with Crippen molar-refractivity contribution < 1.29 is 14.5 Å². The monoisotopic (exact) mass is 372 g/mol. The summed E-state index contributed by atoms with van der Waals surface area (Å²) >= 11 is 0.988. The number of rotatable bonds is 6. The third-order valence-corrected chi connectivity index (χ3v) is 4.40. The number of nitrogens with two attached hydrogens (primary N) is 1. The summed E-state index contributed by atoms with van der Waals surface area (Å²) in [6, 6.07) is 11.1. The van der Waals surface area contributed by atoms with E-state index in [1.807, 2.05) is 0 Å². The third-order valence-electron chi connectivity index (χ3n) is 3.40. The van der Waals surface area contributed by atoms with Crippen molar-refractivity contribution in [1.82, 2.24) is 20.2 Å². The predicted octanol–water partition coefficient (Wildman–Crippen LogP) is 1.83. The molecule has 0 spiro atoms. The minimum atomic E-state index is -0.747. The Labute approximate surface area is 151 Å². The molecular formula is C15H12N6O4S. The second kappa shape index (κ2) is 7.19. The number of nitrogens with zero attached hydrogens (tertiary/aromatic N) is 5. The Balaban J connectivity index is 2.03. The van der Waals surface area contributed by atoms with Crippen LogP contribution in [0.4, 0.5) is 5.69 Å². The van der Waals surface area contributed by atoms with Crippen LogP contribution in [-0.4, -0.2) is 38.1 Å². The Hall–Kier alpha value is -3.47. The zero-order valence-corrected chi connectivity index (χ0v) is 14.2. The number of amides is 1. The van der Waals surface area contributed by atoms with E-state index >= 15 is 0 Å². The van der Waals surface area contributed by atoms with Crippen LogP contribution < -0.4 is 10.5 Å². The highest BCUT2D eigenvalue weighted by Crippen LogP contribution is 2.35. The number of primary amides is 1. The standard InChI is InChI=1S/C15H12N6O4S/c1-25-12-5-3-2-4-10(12)20-15(17-18-19-20)26-13-7-6-9(14(16)22)8-11(13)21(23)24/h2-8H,1H3,(H2,16,22). The van der Waals surface area contributed by atoms with Gasteiger partial charge in [-0.2, -0.15) is 4.68 Å². The van der Waals surface area contributed by atoms with Crippen molar-refractivity contribution in [1.29, 1.82) is 0 Å². The number of ether oxygens (including phenoxy) is 1. The van der Waals surface area contributed by atoms with E-state index < -0.39 is 10.8 Å². The Morgan fingerprint density at radius 2 is 2.08 bits per heavy atom. The number of carbonyl (C=O) groups excluding carboxylic acids is 1. The van der Waals surface area contributed by atoms with Gasteiger partial charge < -0.3 is 10.5 Å². The summed E-state index contributed by atoms with van der Waals surface area (Å²) in [6.45, 7) is 0. The fourth-order valence-electron chi connectivity index (χ4n) is 2.20. The van der Waals surface area contributed by atoms with Gasteiger partial charge in [-0.15, -0.1) is 5.10 Å². The summed E-state index contributed by atoms with van der Waals surface area (Å²) in [5.41, 5.74) is 5.55. The first-order valence-corrected chi connectivity index (χ1v) is 8.00. The molecule has 26 heavy (non-hydrogen) atoms. The van der Waals surface area contributed by atoms with Gasteiger partial charge in [-0.05, 0) is 46.5 Å². The van der Waals surface area contributed by atoms with Crippen LogP contribution >= 0.6 is 11.8 Å². The number of hydrogen-bond acceptors (Lipinski definition) is 8. The van der Waals surface area contributed by atoms with Gasteiger partial charge in [-0.3, -0.25) is 14.9 Å².